The predicted octanol–water partition coefficient (Wildman–Crippen LogP) is 1.64. The van der Waals surface area contributed by atoms with Crippen molar-refractivity contribution in [3.05, 3.63) is 23.3 Å². The van der Waals surface area contributed by atoms with Gasteiger partial charge in [-0.25, -0.2) is 9.97 Å². The first kappa shape index (κ1) is 12.5. The number of ether oxygens (including phenoxy) is 1. The average molecular weight is 235 g/mol. The van der Waals surface area contributed by atoms with E-state index in [-0.39, 0.29) is 6.04 Å². The van der Waals surface area contributed by atoms with Crippen LogP contribution in [0.2, 0.25) is 0 Å². The highest BCUT2D eigenvalue weighted by Crippen LogP contribution is 2.20. The van der Waals surface area contributed by atoms with E-state index >= 15 is 0 Å². The van der Waals surface area contributed by atoms with Crippen LogP contribution in [0.25, 0.3) is 0 Å². The van der Waals surface area contributed by atoms with Crippen molar-refractivity contribution in [2.75, 3.05) is 19.8 Å². The van der Waals surface area contributed by atoms with Crippen LogP contribution in [0.15, 0.2) is 6.20 Å². The predicted molar refractivity (Wildman–Crippen MR) is 66.9 cm³/mol. The topological polar surface area (TPSA) is 47.0 Å². The molecule has 1 aromatic heterocycles. The minimum absolute atomic E-state index is 0.221. The number of nitrogens with one attached hydrogen (secondary N) is 1. The third-order valence-electron chi connectivity index (χ3n) is 2.90. The second kappa shape index (κ2) is 5.56. The van der Waals surface area contributed by atoms with Gasteiger partial charge in [0.15, 0.2) is 0 Å². The summed E-state index contributed by atoms with van der Waals surface area (Å²) in [6.07, 6.45) is 2.99. The van der Waals surface area contributed by atoms with Gasteiger partial charge in [-0.2, -0.15) is 0 Å². The zero-order valence-electron chi connectivity index (χ0n) is 10.9. The van der Waals surface area contributed by atoms with Crippen molar-refractivity contribution in [1.29, 1.82) is 0 Å². The third-order valence-corrected chi connectivity index (χ3v) is 2.90. The number of rotatable bonds is 3. The molecule has 4 heteroatoms. The monoisotopic (exact) mass is 235 g/mol. The molecule has 1 aliphatic heterocycles. The molecular weight excluding hydrogens is 214 g/mol. The van der Waals surface area contributed by atoms with Gasteiger partial charge in [-0.05, 0) is 24.8 Å². The van der Waals surface area contributed by atoms with E-state index in [1.807, 2.05) is 13.1 Å². The van der Waals surface area contributed by atoms with E-state index in [4.69, 9.17) is 4.74 Å². The van der Waals surface area contributed by atoms with E-state index in [1.165, 1.54) is 5.56 Å². The molecular formula is C13H21N3O. The SMILES string of the molecule is Cc1ncc(CC(C)C)c(C2COCCN2)n1. The lowest BCUT2D eigenvalue weighted by Gasteiger charge is -2.25. The van der Waals surface area contributed by atoms with Crippen molar-refractivity contribution in [2.45, 2.75) is 33.2 Å². The van der Waals surface area contributed by atoms with Crippen LogP contribution < -0.4 is 5.32 Å². The first-order valence-corrected chi connectivity index (χ1v) is 6.30. The Labute approximate surface area is 103 Å². The number of hydrogen-bond acceptors (Lipinski definition) is 4. The standard InChI is InChI=1S/C13H21N3O/c1-9(2)6-11-7-15-10(3)16-13(11)12-8-17-5-4-14-12/h7,9,12,14H,4-6,8H2,1-3H3. The fourth-order valence-electron chi connectivity index (χ4n) is 2.15. The van der Waals surface area contributed by atoms with Gasteiger partial charge in [0.1, 0.15) is 5.82 Å². The van der Waals surface area contributed by atoms with Crippen molar-refractivity contribution < 1.29 is 4.74 Å². The molecule has 0 bridgehead atoms. The Morgan fingerprint density at radius 3 is 3.00 bits per heavy atom. The largest absolute Gasteiger partial charge is 0.378 e. The van der Waals surface area contributed by atoms with Crippen LogP contribution in [0.3, 0.4) is 0 Å². The molecule has 1 aromatic rings. The molecule has 1 fully saturated rings. The Morgan fingerprint density at radius 2 is 2.35 bits per heavy atom. The lowest BCUT2D eigenvalue weighted by Crippen LogP contribution is -2.36. The zero-order valence-corrected chi connectivity index (χ0v) is 10.9. The summed E-state index contributed by atoms with van der Waals surface area (Å²) in [7, 11) is 0. The van der Waals surface area contributed by atoms with E-state index in [1.54, 1.807) is 0 Å². The first-order chi connectivity index (χ1) is 8.16. The highest BCUT2D eigenvalue weighted by molar-refractivity contribution is 5.22. The van der Waals surface area contributed by atoms with E-state index < -0.39 is 0 Å². The van der Waals surface area contributed by atoms with Gasteiger partial charge in [0.2, 0.25) is 0 Å². The summed E-state index contributed by atoms with van der Waals surface area (Å²) in [4.78, 5) is 8.90. The highest BCUT2D eigenvalue weighted by atomic mass is 16.5. The van der Waals surface area contributed by atoms with Gasteiger partial charge in [-0.3, -0.25) is 0 Å². The molecule has 1 unspecified atom stereocenters. The van der Waals surface area contributed by atoms with Crippen LogP contribution in [0.4, 0.5) is 0 Å². The highest BCUT2D eigenvalue weighted by Gasteiger charge is 2.20. The van der Waals surface area contributed by atoms with Crippen molar-refractivity contribution in [3.63, 3.8) is 0 Å². The Kier molecular flexibility index (Phi) is 4.07. The minimum atomic E-state index is 0.221. The van der Waals surface area contributed by atoms with Crippen molar-refractivity contribution in [2.24, 2.45) is 5.92 Å². The summed E-state index contributed by atoms with van der Waals surface area (Å²) in [5.74, 6) is 1.45. The van der Waals surface area contributed by atoms with Gasteiger partial charge in [0.25, 0.3) is 0 Å². The van der Waals surface area contributed by atoms with E-state index in [9.17, 15) is 0 Å². The summed E-state index contributed by atoms with van der Waals surface area (Å²) in [6.45, 7) is 8.77. The van der Waals surface area contributed by atoms with Gasteiger partial charge in [0, 0.05) is 12.7 Å². The minimum Gasteiger partial charge on any atom is -0.378 e. The van der Waals surface area contributed by atoms with Crippen LogP contribution in [0.1, 0.15) is 37.0 Å². The summed E-state index contributed by atoms with van der Waals surface area (Å²) >= 11 is 0. The Bertz CT molecular complexity index is 373. The molecule has 1 saturated heterocycles. The first-order valence-electron chi connectivity index (χ1n) is 6.30. The van der Waals surface area contributed by atoms with E-state index in [0.717, 1.165) is 31.1 Å². The summed E-state index contributed by atoms with van der Waals surface area (Å²) < 4.78 is 5.51. The molecule has 1 N–H and O–H groups in total. The van der Waals surface area contributed by atoms with Crippen LogP contribution in [-0.4, -0.2) is 29.7 Å². The molecule has 17 heavy (non-hydrogen) atoms. The second-order valence-electron chi connectivity index (χ2n) is 5.01. The molecule has 0 saturated carbocycles. The molecule has 0 aliphatic carbocycles. The molecule has 0 amide bonds. The molecule has 2 heterocycles. The molecule has 0 radical (unpaired) electrons. The normalized spacial score (nSPS) is 20.8. The second-order valence-corrected chi connectivity index (χ2v) is 5.01. The molecule has 0 spiro atoms. The Morgan fingerprint density at radius 1 is 1.53 bits per heavy atom. The van der Waals surface area contributed by atoms with Crippen LogP contribution in [0, 0.1) is 12.8 Å². The zero-order chi connectivity index (χ0) is 12.3. The van der Waals surface area contributed by atoms with E-state index in [0.29, 0.717) is 12.5 Å². The lowest BCUT2D eigenvalue weighted by molar-refractivity contribution is 0.0751. The molecule has 1 atom stereocenters. The molecule has 4 nitrogen and oxygen atoms in total. The maximum Gasteiger partial charge on any atom is 0.125 e. The summed E-state index contributed by atoms with van der Waals surface area (Å²) in [6, 6.07) is 0.221. The van der Waals surface area contributed by atoms with Gasteiger partial charge in [0.05, 0.1) is 24.9 Å². The van der Waals surface area contributed by atoms with Crippen molar-refractivity contribution >= 4 is 0 Å². The van der Waals surface area contributed by atoms with Gasteiger partial charge in [-0.1, -0.05) is 13.8 Å². The Balaban J connectivity index is 2.25. The Hall–Kier alpha value is -1.00. The van der Waals surface area contributed by atoms with Crippen molar-refractivity contribution in [3.8, 4) is 0 Å². The molecule has 94 valence electrons. The number of aryl methyl sites for hydroxylation is 1. The molecule has 1 aliphatic rings. The average Bonchev–Trinajstić information content (AvgIpc) is 2.32. The summed E-state index contributed by atoms with van der Waals surface area (Å²) in [5, 5.41) is 3.46. The smallest absolute Gasteiger partial charge is 0.125 e. The number of hydrogen-bond donors (Lipinski definition) is 1. The number of nitrogens with zero attached hydrogens (tertiary/aromatic N) is 2. The van der Waals surface area contributed by atoms with Gasteiger partial charge >= 0.3 is 0 Å². The quantitative estimate of drug-likeness (QED) is 0.865. The fourth-order valence-corrected chi connectivity index (χ4v) is 2.15. The lowest BCUT2D eigenvalue weighted by atomic mass is 9.99. The molecule has 0 aromatic carbocycles. The van der Waals surface area contributed by atoms with Crippen LogP contribution in [0.5, 0.6) is 0 Å². The maximum atomic E-state index is 5.51. The van der Waals surface area contributed by atoms with Crippen LogP contribution >= 0.6 is 0 Å². The summed E-state index contributed by atoms with van der Waals surface area (Å²) in [5.41, 5.74) is 2.36. The fraction of sp³-hybridized carbons (Fsp3) is 0.692. The number of morpholine rings is 1. The number of aromatic nitrogens is 2. The van der Waals surface area contributed by atoms with Crippen molar-refractivity contribution in [1.82, 2.24) is 15.3 Å². The molecule has 2 rings (SSSR count). The van der Waals surface area contributed by atoms with Crippen LogP contribution in [-0.2, 0) is 11.2 Å². The third kappa shape index (κ3) is 3.23. The van der Waals surface area contributed by atoms with Gasteiger partial charge in [-0.15, -0.1) is 0 Å². The van der Waals surface area contributed by atoms with E-state index in [2.05, 4.69) is 29.1 Å². The maximum absolute atomic E-state index is 5.51. The van der Waals surface area contributed by atoms with Gasteiger partial charge < -0.3 is 10.1 Å².